The second-order valence-corrected chi connectivity index (χ2v) is 4.79. The molecule has 1 aliphatic heterocycles. The second-order valence-electron chi connectivity index (χ2n) is 4.79. The molecule has 0 aromatic heterocycles. The average Bonchev–Trinajstić information content (AvgIpc) is 2.96. The first-order chi connectivity index (χ1) is 10.7. The largest absolute Gasteiger partial charge is 0.454 e. The van der Waals surface area contributed by atoms with Crippen LogP contribution in [0.4, 0.5) is 0 Å². The van der Waals surface area contributed by atoms with Gasteiger partial charge in [-0.3, -0.25) is 4.79 Å². The number of carbonyl (C=O) groups excluding carboxylic acids is 1. The second kappa shape index (κ2) is 8.11. The summed E-state index contributed by atoms with van der Waals surface area (Å²) >= 11 is 0. The van der Waals surface area contributed by atoms with Gasteiger partial charge in [0.1, 0.15) is 0 Å². The highest BCUT2D eigenvalue weighted by Crippen LogP contribution is 2.32. The van der Waals surface area contributed by atoms with Gasteiger partial charge >= 0.3 is 0 Å². The lowest BCUT2D eigenvalue weighted by Gasteiger charge is -2.11. The molecule has 0 aliphatic carbocycles. The van der Waals surface area contributed by atoms with Crippen LogP contribution >= 0.6 is 0 Å². The van der Waals surface area contributed by atoms with Crippen molar-refractivity contribution < 1.29 is 14.3 Å². The maximum atomic E-state index is 10.8. The van der Waals surface area contributed by atoms with Gasteiger partial charge in [-0.1, -0.05) is 6.07 Å². The summed E-state index contributed by atoms with van der Waals surface area (Å²) in [6.07, 6.45) is 0. The third-order valence-corrected chi connectivity index (χ3v) is 2.99. The minimum atomic E-state index is -0.0379. The van der Waals surface area contributed by atoms with E-state index in [1.54, 1.807) is 0 Å². The highest BCUT2D eigenvalue weighted by Gasteiger charge is 2.12. The minimum Gasteiger partial charge on any atom is -0.454 e. The molecule has 0 saturated heterocycles. The van der Waals surface area contributed by atoms with Crippen LogP contribution in [0.2, 0.25) is 0 Å². The molecule has 0 atom stereocenters. The van der Waals surface area contributed by atoms with Gasteiger partial charge in [0.2, 0.25) is 12.7 Å². The summed E-state index contributed by atoms with van der Waals surface area (Å²) in [5.41, 5.74) is 1.04. The van der Waals surface area contributed by atoms with Crippen LogP contribution in [0.5, 0.6) is 11.5 Å². The molecule has 1 aromatic carbocycles. The summed E-state index contributed by atoms with van der Waals surface area (Å²) in [5, 5.41) is 9.06. The molecule has 7 nitrogen and oxygen atoms in total. The zero-order valence-corrected chi connectivity index (χ0v) is 12.9. The number of rotatable bonds is 6. The lowest BCUT2D eigenvalue weighted by atomic mass is 10.2. The number of nitrogens with zero attached hydrogens (tertiary/aromatic N) is 1. The zero-order valence-electron chi connectivity index (χ0n) is 12.9. The minimum absolute atomic E-state index is 0.0379. The highest BCUT2D eigenvalue weighted by molar-refractivity contribution is 5.79. The number of carbonyl (C=O) groups is 1. The van der Waals surface area contributed by atoms with E-state index in [0.717, 1.165) is 23.6 Å². The van der Waals surface area contributed by atoms with E-state index in [1.165, 1.54) is 6.92 Å². The van der Waals surface area contributed by atoms with Crippen molar-refractivity contribution in [2.75, 3.05) is 26.4 Å². The summed E-state index contributed by atoms with van der Waals surface area (Å²) in [6, 6.07) is 5.80. The number of aliphatic imine (C=N–C) groups is 1. The van der Waals surface area contributed by atoms with Crippen LogP contribution < -0.4 is 25.4 Å². The molecule has 1 aromatic rings. The van der Waals surface area contributed by atoms with Gasteiger partial charge in [0.15, 0.2) is 17.5 Å². The summed E-state index contributed by atoms with van der Waals surface area (Å²) in [4.78, 5) is 15.3. The fourth-order valence-electron chi connectivity index (χ4n) is 1.97. The molecule has 0 saturated carbocycles. The maximum absolute atomic E-state index is 10.8. The zero-order chi connectivity index (χ0) is 15.8. The van der Waals surface area contributed by atoms with E-state index in [9.17, 15) is 4.79 Å². The number of fused-ring (bicyclic) bond motifs is 1. The Bertz CT molecular complexity index is 546. The molecule has 0 unspecified atom stereocenters. The van der Waals surface area contributed by atoms with E-state index in [4.69, 9.17) is 9.47 Å². The Kier molecular flexibility index (Phi) is 5.88. The Morgan fingerprint density at radius 1 is 1.18 bits per heavy atom. The topological polar surface area (TPSA) is 84.0 Å². The van der Waals surface area contributed by atoms with Crippen LogP contribution in [0.15, 0.2) is 23.2 Å². The van der Waals surface area contributed by atoms with Crippen molar-refractivity contribution in [2.24, 2.45) is 4.99 Å². The van der Waals surface area contributed by atoms with Crippen molar-refractivity contribution in [3.05, 3.63) is 23.8 Å². The van der Waals surface area contributed by atoms with Crippen LogP contribution in [-0.2, 0) is 11.3 Å². The number of amides is 1. The number of hydrogen-bond donors (Lipinski definition) is 3. The normalized spacial score (nSPS) is 12.9. The van der Waals surface area contributed by atoms with Crippen molar-refractivity contribution in [1.29, 1.82) is 0 Å². The Balaban J connectivity index is 1.87. The van der Waals surface area contributed by atoms with Gasteiger partial charge in [-0.2, -0.15) is 0 Å². The Labute approximate surface area is 130 Å². The number of guanidine groups is 1. The maximum Gasteiger partial charge on any atom is 0.231 e. The van der Waals surface area contributed by atoms with E-state index >= 15 is 0 Å². The Hall–Kier alpha value is -2.44. The van der Waals surface area contributed by atoms with Gasteiger partial charge in [-0.25, -0.2) is 4.99 Å². The van der Waals surface area contributed by atoms with Crippen LogP contribution in [0, 0.1) is 0 Å². The molecular weight excluding hydrogens is 284 g/mol. The highest BCUT2D eigenvalue weighted by atomic mass is 16.7. The third kappa shape index (κ3) is 4.83. The predicted molar refractivity (Wildman–Crippen MR) is 84.1 cm³/mol. The average molecular weight is 306 g/mol. The van der Waals surface area contributed by atoms with Crippen LogP contribution in [0.1, 0.15) is 19.4 Å². The predicted octanol–water partition coefficient (Wildman–Crippen LogP) is 0.607. The number of ether oxygens (including phenoxy) is 2. The van der Waals surface area contributed by atoms with Gasteiger partial charge in [0.05, 0.1) is 6.54 Å². The van der Waals surface area contributed by atoms with Gasteiger partial charge in [0.25, 0.3) is 0 Å². The van der Waals surface area contributed by atoms with E-state index in [-0.39, 0.29) is 12.7 Å². The van der Waals surface area contributed by atoms with Crippen molar-refractivity contribution >= 4 is 11.9 Å². The summed E-state index contributed by atoms with van der Waals surface area (Å²) in [6.45, 7) is 6.26. The molecule has 0 bridgehead atoms. The lowest BCUT2D eigenvalue weighted by molar-refractivity contribution is -0.118. The first-order valence-corrected chi connectivity index (χ1v) is 7.34. The van der Waals surface area contributed by atoms with Gasteiger partial charge in [-0.15, -0.1) is 0 Å². The number of benzene rings is 1. The van der Waals surface area contributed by atoms with Crippen molar-refractivity contribution in [2.45, 2.75) is 20.4 Å². The van der Waals surface area contributed by atoms with Gasteiger partial charge in [-0.05, 0) is 24.6 Å². The van der Waals surface area contributed by atoms with E-state index in [2.05, 4.69) is 20.9 Å². The molecule has 3 N–H and O–H groups in total. The van der Waals surface area contributed by atoms with Crippen LogP contribution in [0.3, 0.4) is 0 Å². The molecular formula is C15H22N4O3. The first-order valence-electron chi connectivity index (χ1n) is 7.34. The molecule has 1 heterocycles. The summed E-state index contributed by atoms with van der Waals surface area (Å²) < 4.78 is 10.6. The van der Waals surface area contributed by atoms with Crippen molar-refractivity contribution in [3.63, 3.8) is 0 Å². The smallest absolute Gasteiger partial charge is 0.231 e. The molecule has 0 fully saturated rings. The summed E-state index contributed by atoms with van der Waals surface area (Å²) in [7, 11) is 0. The van der Waals surface area contributed by atoms with Crippen LogP contribution in [0.25, 0.3) is 0 Å². The fraction of sp³-hybridized carbons (Fsp3) is 0.467. The molecule has 120 valence electrons. The molecule has 1 amide bonds. The molecule has 22 heavy (non-hydrogen) atoms. The summed E-state index contributed by atoms with van der Waals surface area (Å²) in [5.74, 6) is 2.21. The van der Waals surface area contributed by atoms with Crippen molar-refractivity contribution in [1.82, 2.24) is 16.0 Å². The van der Waals surface area contributed by atoms with Crippen molar-refractivity contribution in [3.8, 4) is 11.5 Å². The van der Waals surface area contributed by atoms with E-state index in [0.29, 0.717) is 25.6 Å². The Morgan fingerprint density at radius 2 is 1.95 bits per heavy atom. The molecule has 1 aliphatic rings. The monoisotopic (exact) mass is 306 g/mol. The standard InChI is InChI=1S/C15H22N4O3/c1-3-16-15(18-7-6-17-11(2)20)19-9-12-4-5-13-14(8-12)22-10-21-13/h4-5,8H,3,6-7,9-10H2,1-2H3,(H,17,20)(H2,16,18,19). The van der Waals surface area contributed by atoms with E-state index < -0.39 is 0 Å². The molecule has 0 spiro atoms. The number of nitrogens with one attached hydrogen (secondary N) is 3. The first kappa shape index (κ1) is 15.9. The molecule has 2 rings (SSSR count). The quantitative estimate of drug-likeness (QED) is 0.407. The van der Waals surface area contributed by atoms with Gasteiger partial charge < -0.3 is 25.4 Å². The van der Waals surface area contributed by atoms with Gasteiger partial charge in [0, 0.05) is 26.6 Å². The molecule has 7 heteroatoms. The number of hydrogen-bond acceptors (Lipinski definition) is 4. The lowest BCUT2D eigenvalue weighted by Crippen LogP contribution is -2.41. The third-order valence-electron chi connectivity index (χ3n) is 2.99. The van der Waals surface area contributed by atoms with E-state index in [1.807, 2.05) is 25.1 Å². The SMILES string of the molecule is CCNC(=NCc1ccc2c(c1)OCO2)NCCNC(C)=O. The Morgan fingerprint density at radius 3 is 2.73 bits per heavy atom. The molecule has 0 radical (unpaired) electrons. The van der Waals surface area contributed by atoms with Crippen LogP contribution in [-0.4, -0.2) is 38.3 Å². The fourth-order valence-corrected chi connectivity index (χ4v) is 1.97.